The Morgan fingerprint density at radius 3 is 2.86 bits per heavy atom. The Bertz CT molecular complexity index is 638. The van der Waals surface area contributed by atoms with Crippen molar-refractivity contribution in [1.82, 2.24) is 4.90 Å². The van der Waals surface area contributed by atoms with Crippen molar-refractivity contribution in [1.29, 1.82) is 0 Å². The summed E-state index contributed by atoms with van der Waals surface area (Å²) in [6.07, 6.45) is 4.19. The van der Waals surface area contributed by atoms with E-state index in [4.69, 9.17) is 10.5 Å². The third-order valence-electron chi connectivity index (χ3n) is 3.45. The Kier molecular flexibility index (Phi) is 4.83. The lowest BCUT2D eigenvalue weighted by molar-refractivity contribution is -0.125. The predicted octanol–water partition coefficient (Wildman–Crippen LogP) is 1.99. The molecule has 6 heteroatoms. The second-order valence-corrected chi connectivity index (χ2v) is 4.89. The maximum atomic E-state index is 11.8. The number of ether oxygens (including phenoxy) is 1. The lowest BCUT2D eigenvalue weighted by Gasteiger charge is -2.27. The van der Waals surface area contributed by atoms with Crippen molar-refractivity contribution >= 4 is 23.2 Å². The van der Waals surface area contributed by atoms with Gasteiger partial charge in [-0.15, -0.1) is 0 Å². The van der Waals surface area contributed by atoms with Crippen molar-refractivity contribution in [2.75, 3.05) is 25.5 Å². The van der Waals surface area contributed by atoms with Gasteiger partial charge in [-0.25, -0.2) is 4.79 Å². The van der Waals surface area contributed by atoms with Crippen molar-refractivity contribution in [3.63, 3.8) is 0 Å². The number of amides is 3. The molecule has 2 rings (SSSR count). The molecule has 0 aliphatic carbocycles. The average molecular weight is 301 g/mol. The van der Waals surface area contributed by atoms with E-state index in [1.807, 2.05) is 6.07 Å². The molecule has 0 fully saturated rings. The number of primary amides is 1. The summed E-state index contributed by atoms with van der Waals surface area (Å²) in [6, 6.07) is 4.67. The van der Waals surface area contributed by atoms with E-state index in [-0.39, 0.29) is 5.91 Å². The number of urea groups is 1. The van der Waals surface area contributed by atoms with E-state index in [2.05, 4.69) is 18.0 Å². The maximum absolute atomic E-state index is 11.8. The summed E-state index contributed by atoms with van der Waals surface area (Å²) in [5, 5.41) is 2.51. The number of benzene rings is 1. The quantitative estimate of drug-likeness (QED) is 0.834. The highest BCUT2D eigenvalue weighted by molar-refractivity contribution is 5.90. The Morgan fingerprint density at radius 2 is 2.23 bits per heavy atom. The Labute approximate surface area is 129 Å². The molecule has 0 radical (unpaired) electrons. The van der Waals surface area contributed by atoms with Gasteiger partial charge in [-0.05, 0) is 30.2 Å². The van der Waals surface area contributed by atoms with Gasteiger partial charge >= 0.3 is 6.03 Å². The molecule has 0 spiro atoms. The van der Waals surface area contributed by atoms with E-state index in [0.29, 0.717) is 24.5 Å². The molecular formula is C16H19N3O3. The fraction of sp³-hybridized carbons (Fsp3) is 0.250. The number of carbonyl (C=O) groups excluding carboxylic acids is 2. The minimum Gasteiger partial charge on any atom is -0.496 e. The Morgan fingerprint density at radius 1 is 1.45 bits per heavy atom. The van der Waals surface area contributed by atoms with E-state index in [1.54, 1.807) is 24.1 Å². The van der Waals surface area contributed by atoms with Crippen LogP contribution in [0.2, 0.25) is 0 Å². The largest absolute Gasteiger partial charge is 0.496 e. The molecule has 3 N–H and O–H groups in total. The molecule has 22 heavy (non-hydrogen) atoms. The zero-order valence-corrected chi connectivity index (χ0v) is 12.5. The van der Waals surface area contributed by atoms with Gasteiger partial charge in [0.15, 0.2) is 0 Å². The first-order valence-corrected chi connectivity index (χ1v) is 6.90. The summed E-state index contributed by atoms with van der Waals surface area (Å²) in [4.78, 5) is 24.4. The van der Waals surface area contributed by atoms with Gasteiger partial charge in [-0.1, -0.05) is 12.7 Å². The van der Waals surface area contributed by atoms with Crippen LogP contribution in [0.1, 0.15) is 12.0 Å². The minimum atomic E-state index is -0.630. The smallest absolute Gasteiger partial charge is 0.316 e. The van der Waals surface area contributed by atoms with Crippen LogP contribution < -0.4 is 15.8 Å². The summed E-state index contributed by atoms with van der Waals surface area (Å²) in [7, 11) is 1.56. The van der Waals surface area contributed by atoms with Crippen LogP contribution >= 0.6 is 0 Å². The van der Waals surface area contributed by atoms with Gasteiger partial charge in [0, 0.05) is 30.4 Å². The maximum Gasteiger partial charge on any atom is 0.316 e. The molecule has 0 unspecified atom stereocenters. The monoisotopic (exact) mass is 301 g/mol. The number of nitrogens with zero attached hydrogens (tertiary/aromatic N) is 1. The summed E-state index contributed by atoms with van der Waals surface area (Å²) < 4.78 is 5.39. The van der Waals surface area contributed by atoms with Gasteiger partial charge in [0.2, 0.25) is 5.91 Å². The molecule has 0 atom stereocenters. The van der Waals surface area contributed by atoms with Crippen LogP contribution in [0.4, 0.5) is 10.5 Å². The zero-order chi connectivity index (χ0) is 16.1. The first-order valence-electron chi connectivity index (χ1n) is 6.90. The average Bonchev–Trinajstić information content (AvgIpc) is 2.53. The lowest BCUT2D eigenvalue weighted by Crippen LogP contribution is -2.34. The number of anilines is 1. The summed E-state index contributed by atoms with van der Waals surface area (Å²) in [5.41, 5.74) is 7.56. The molecule has 116 valence electrons. The third-order valence-corrected chi connectivity index (χ3v) is 3.45. The number of rotatable bonds is 4. The SMILES string of the molecule is C=CC(=O)N1CCC=C(c2ccc(NC(N)=O)cc2OC)C1. The number of methoxy groups -OCH3 is 1. The van der Waals surface area contributed by atoms with Gasteiger partial charge < -0.3 is 20.7 Å². The van der Waals surface area contributed by atoms with Crippen molar-refractivity contribution in [2.24, 2.45) is 5.73 Å². The summed E-state index contributed by atoms with van der Waals surface area (Å²) in [6.45, 7) is 4.70. The van der Waals surface area contributed by atoms with E-state index < -0.39 is 6.03 Å². The molecule has 0 saturated carbocycles. The molecule has 1 aliphatic rings. The summed E-state index contributed by atoms with van der Waals surface area (Å²) >= 11 is 0. The molecule has 6 nitrogen and oxygen atoms in total. The fourth-order valence-corrected chi connectivity index (χ4v) is 2.43. The molecule has 0 aromatic heterocycles. The number of hydrogen-bond donors (Lipinski definition) is 2. The molecule has 3 amide bonds. The Balaban J connectivity index is 2.28. The van der Waals surface area contributed by atoms with Crippen molar-refractivity contribution in [3.05, 3.63) is 42.5 Å². The molecule has 1 heterocycles. The molecule has 1 aliphatic heterocycles. The van der Waals surface area contributed by atoms with Gasteiger partial charge in [-0.2, -0.15) is 0 Å². The Hall–Kier alpha value is -2.76. The number of hydrogen-bond acceptors (Lipinski definition) is 3. The van der Waals surface area contributed by atoms with Crippen LogP contribution in [-0.4, -0.2) is 37.0 Å². The van der Waals surface area contributed by atoms with Crippen molar-refractivity contribution in [2.45, 2.75) is 6.42 Å². The predicted molar refractivity (Wildman–Crippen MR) is 85.6 cm³/mol. The topological polar surface area (TPSA) is 84.7 Å². The van der Waals surface area contributed by atoms with Gasteiger partial charge in [-0.3, -0.25) is 4.79 Å². The van der Waals surface area contributed by atoms with Crippen molar-refractivity contribution in [3.8, 4) is 5.75 Å². The van der Waals surface area contributed by atoms with Crippen LogP contribution in [0.15, 0.2) is 36.9 Å². The van der Waals surface area contributed by atoms with Crippen LogP contribution in [-0.2, 0) is 4.79 Å². The molecular weight excluding hydrogens is 282 g/mol. The number of nitrogens with one attached hydrogen (secondary N) is 1. The minimum absolute atomic E-state index is 0.0865. The third kappa shape index (κ3) is 3.46. The van der Waals surface area contributed by atoms with E-state index in [1.165, 1.54) is 6.08 Å². The molecule has 1 aromatic carbocycles. The van der Waals surface area contributed by atoms with Gasteiger partial charge in [0.1, 0.15) is 5.75 Å². The van der Waals surface area contributed by atoms with E-state index in [0.717, 1.165) is 17.6 Å². The first-order chi connectivity index (χ1) is 10.5. The molecule has 0 bridgehead atoms. The lowest BCUT2D eigenvalue weighted by atomic mass is 9.99. The van der Waals surface area contributed by atoms with Gasteiger partial charge in [0.05, 0.1) is 7.11 Å². The highest BCUT2D eigenvalue weighted by Gasteiger charge is 2.19. The standard InChI is InChI=1S/C16H19N3O3/c1-3-15(20)19-8-4-5-11(10-19)13-7-6-12(18-16(17)21)9-14(13)22-2/h3,5-7,9H,1,4,8,10H2,2H3,(H3,17,18,21). The highest BCUT2D eigenvalue weighted by Crippen LogP contribution is 2.31. The van der Waals surface area contributed by atoms with Gasteiger partial charge in [0.25, 0.3) is 0 Å². The van der Waals surface area contributed by atoms with Crippen LogP contribution in [0.5, 0.6) is 5.75 Å². The molecule has 1 aromatic rings. The van der Waals surface area contributed by atoms with E-state index >= 15 is 0 Å². The first kappa shape index (κ1) is 15.6. The van der Waals surface area contributed by atoms with Crippen molar-refractivity contribution < 1.29 is 14.3 Å². The molecule has 0 saturated heterocycles. The van der Waals surface area contributed by atoms with E-state index in [9.17, 15) is 9.59 Å². The highest BCUT2D eigenvalue weighted by atomic mass is 16.5. The second-order valence-electron chi connectivity index (χ2n) is 4.89. The fourth-order valence-electron chi connectivity index (χ4n) is 2.43. The zero-order valence-electron chi connectivity index (χ0n) is 12.5. The van der Waals surface area contributed by atoms with Crippen LogP contribution in [0.3, 0.4) is 0 Å². The van der Waals surface area contributed by atoms with Crippen LogP contribution in [0.25, 0.3) is 5.57 Å². The second kappa shape index (κ2) is 6.80. The normalized spacial score (nSPS) is 14.0. The van der Waals surface area contributed by atoms with Crippen LogP contribution in [0, 0.1) is 0 Å². The summed E-state index contributed by atoms with van der Waals surface area (Å²) in [5.74, 6) is 0.530. The number of carbonyl (C=O) groups is 2. The number of nitrogens with two attached hydrogens (primary N) is 1.